The normalized spacial score (nSPS) is 10.6. The standard InChI is InChI=1S/C8H9N3/c9-4-6-5-11-7-2-1-3-10-8(6)7/h1-3,5,11H,4,9H2. The third kappa shape index (κ3) is 0.897. The summed E-state index contributed by atoms with van der Waals surface area (Å²) in [6, 6.07) is 3.89. The number of pyridine rings is 1. The molecule has 0 aliphatic rings. The zero-order valence-electron chi connectivity index (χ0n) is 6.04. The van der Waals surface area contributed by atoms with Gasteiger partial charge in [-0.2, -0.15) is 0 Å². The van der Waals surface area contributed by atoms with E-state index in [9.17, 15) is 0 Å². The molecular formula is C8H9N3. The summed E-state index contributed by atoms with van der Waals surface area (Å²) in [6.45, 7) is 0.539. The molecule has 0 bridgehead atoms. The first kappa shape index (κ1) is 6.37. The first-order valence-electron chi connectivity index (χ1n) is 3.53. The molecule has 2 heterocycles. The molecule has 0 saturated heterocycles. The molecule has 0 unspecified atom stereocenters. The summed E-state index contributed by atoms with van der Waals surface area (Å²) < 4.78 is 0. The van der Waals surface area contributed by atoms with Crippen molar-refractivity contribution in [1.29, 1.82) is 0 Å². The van der Waals surface area contributed by atoms with Gasteiger partial charge in [-0.25, -0.2) is 0 Å². The number of rotatable bonds is 1. The Labute approximate surface area is 64.2 Å². The van der Waals surface area contributed by atoms with Crippen LogP contribution in [0.25, 0.3) is 11.0 Å². The minimum Gasteiger partial charge on any atom is -0.360 e. The molecule has 2 aromatic heterocycles. The van der Waals surface area contributed by atoms with Crippen molar-refractivity contribution in [3.05, 3.63) is 30.1 Å². The number of nitrogens with one attached hydrogen (secondary N) is 1. The first-order chi connectivity index (χ1) is 5.42. The van der Waals surface area contributed by atoms with Crippen LogP contribution in [0.3, 0.4) is 0 Å². The first-order valence-corrected chi connectivity index (χ1v) is 3.53. The van der Waals surface area contributed by atoms with Crippen LogP contribution in [0.5, 0.6) is 0 Å². The van der Waals surface area contributed by atoms with Crippen LogP contribution in [-0.4, -0.2) is 9.97 Å². The molecule has 2 aromatic rings. The van der Waals surface area contributed by atoms with Crippen LogP contribution >= 0.6 is 0 Å². The van der Waals surface area contributed by atoms with E-state index in [1.165, 1.54) is 0 Å². The van der Waals surface area contributed by atoms with Crippen LogP contribution in [0, 0.1) is 0 Å². The molecule has 0 fully saturated rings. The van der Waals surface area contributed by atoms with E-state index in [1.54, 1.807) is 6.20 Å². The van der Waals surface area contributed by atoms with E-state index in [1.807, 2.05) is 18.3 Å². The Morgan fingerprint density at radius 1 is 1.55 bits per heavy atom. The molecule has 0 spiro atoms. The molecule has 0 radical (unpaired) electrons. The van der Waals surface area contributed by atoms with Crippen LogP contribution in [0.15, 0.2) is 24.5 Å². The van der Waals surface area contributed by atoms with E-state index in [2.05, 4.69) is 9.97 Å². The Kier molecular flexibility index (Phi) is 1.36. The van der Waals surface area contributed by atoms with E-state index < -0.39 is 0 Å². The summed E-state index contributed by atoms with van der Waals surface area (Å²) in [5.41, 5.74) is 8.60. The van der Waals surface area contributed by atoms with Crippen LogP contribution in [-0.2, 0) is 6.54 Å². The molecule has 0 saturated carbocycles. The molecular weight excluding hydrogens is 138 g/mol. The summed E-state index contributed by atoms with van der Waals surface area (Å²) >= 11 is 0. The summed E-state index contributed by atoms with van der Waals surface area (Å²) in [7, 11) is 0. The van der Waals surface area contributed by atoms with Crippen molar-refractivity contribution in [2.45, 2.75) is 6.54 Å². The van der Waals surface area contributed by atoms with Gasteiger partial charge in [0, 0.05) is 24.5 Å². The van der Waals surface area contributed by atoms with Crippen LogP contribution in [0.1, 0.15) is 5.56 Å². The van der Waals surface area contributed by atoms with Crippen molar-refractivity contribution in [3.63, 3.8) is 0 Å². The van der Waals surface area contributed by atoms with E-state index in [-0.39, 0.29) is 0 Å². The fourth-order valence-corrected chi connectivity index (χ4v) is 1.17. The molecule has 56 valence electrons. The van der Waals surface area contributed by atoms with Gasteiger partial charge in [-0.1, -0.05) is 0 Å². The van der Waals surface area contributed by atoms with Gasteiger partial charge < -0.3 is 10.7 Å². The molecule has 0 amide bonds. The van der Waals surface area contributed by atoms with Crippen molar-refractivity contribution < 1.29 is 0 Å². The minimum atomic E-state index is 0.539. The number of hydrogen-bond donors (Lipinski definition) is 2. The second-order valence-electron chi connectivity index (χ2n) is 2.42. The van der Waals surface area contributed by atoms with Crippen molar-refractivity contribution in [2.75, 3.05) is 0 Å². The topological polar surface area (TPSA) is 54.7 Å². The molecule has 3 heteroatoms. The van der Waals surface area contributed by atoms with Crippen molar-refractivity contribution in [2.24, 2.45) is 5.73 Å². The third-order valence-corrected chi connectivity index (χ3v) is 1.73. The highest BCUT2D eigenvalue weighted by atomic mass is 14.8. The van der Waals surface area contributed by atoms with E-state index in [4.69, 9.17) is 5.73 Å². The highest BCUT2D eigenvalue weighted by Crippen LogP contribution is 2.13. The zero-order valence-corrected chi connectivity index (χ0v) is 6.04. The largest absolute Gasteiger partial charge is 0.360 e. The van der Waals surface area contributed by atoms with Gasteiger partial charge >= 0.3 is 0 Å². The highest BCUT2D eigenvalue weighted by Gasteiger charge is 1.99. The molecule has 0 atom stereocenters. The Balaban J connectivity index is 2.76. The predicted octanol–water partition coefficient (Wildman–Crippen LogP) is 1.02. The van der Waals surface area contributed by atoms with Gasteiger partial charge in [-0.15, -0.1) is 0 Å². The number of fused-ring (bicyclic) bond motifs is 1. The average molecular weight is 147 g/mol. The van der Waals surface area contributed by atoms with E-state index in [0.29, 0.717) is 6.54 Å². The molecule has 0 aromatic carbocycles. The molecule has 0 aliphatic carbocycles. The van der Waals surface area contributed by atoms with Gasteiger partial charge in [0.15, 0.2) is 0 Å². The smallest absolute Gasteiger partial charge is 0.0923 e. The number of aromatic nitrogens is 2. The fourth-order valence-electron chi connectivity index (χ4n) is 1.17. The number of hydrogen-bond acceptors (Lipinski definition) is 2. The van der Waals surface area contributed by atoms with Gasteiger partial charge in [-0.05, 0) is 12.1 Å². The van der Waals surface area contributed by atoms with Crippen LogP contribution < -0.4 is 5.73 Å². The van der Waals surface area contributed by atoms with Gasteiger partial charge in [0.05, 0.1) is 11.0 Å². The van der Waals surface area contributed by atoms with Crippen LogP contribution in [0.2, 0.25) is 0 Å². The van der Waals surface area contributed by atoms with Gasteiger partial charge in [0.2, 0.25) is 0 Å². The molecule has 2 rings (SSSR count). The Bertz CT molecular complexity index is 364. The van der Waals surface area contributed by atoms with Crippen molar-refractivity contribution >= 4 is 11.0 Å². The van der Waals surface area contributed by atoms with Gasteiger partial charge in [-0.3, -0.25) is 4.98 Å². The SMILES string of the molecule is NCc1c[nH]c2cccnc12. The fraction of sp³-hybridized carbons (Fsp3) is 0.125. The average Bonchev–Trinajstić information content (AvgIpc) is 2.47. The molecule has 11 heavy (non-hydrogen) atoms. The second-order valence-corrected chi connectivity index (χ2v) is 2.42. The van der Waals surface area contributed by atoms with E-state index in [0.717, 1.165) is 16.6 Å². The maximum Gasteiger partial charge on any atom is 0.0923 e. The summed E-state index contributed by atoms with van der Waals surface area (Å²) in [6.07, 6.45) is 3.67. The highest BCUT2D eigenvalue weighted by molar-refractivity contribution is 5.78. The summed E-state index contributed by atoms with van der Waals surface area (Å²) in [5.74, 6) is 0. The third-order valence-electron chi connectivity index (χ3n) is 1.73. The number of aromatic amines is 1. The quantitative estimate of drug-likeness (QED) is 0.632. The van der Waals surface area contributed by atoms with Crippen molar-refractivity contribution in [3.8, 4) is 0 Å². The predicted molar refractivity (Wildman–Crippen MR) is 44.0 cm³/mol. The van der Waals surface area contributed by atoms with Gasteiger partial charge in [0.25, 0.3) is 0 Å². The maximum atomic E-state index is 5.50. The molecule has 0 aliphatic heterocycles. The monoisotopic (exact) mass is 147 g/mol. The lowest BCUT2D eigenvalue weighted by atomic mass is 10.3. The lowest BCUT2D eigenvalue weighted by Crippen LogP contribution is -1.94. The van der Waals surface area contributed by atoms with Gasteiger partial charge in [0.1, 0.15) is 0 Å². The van der Waals surface area contributed by atoms with Crippen LogP contribution in [0.4, 0.5) is 0 Å². The lowest BCUT2D eigenvalue weighted by molar-refractivity contribution is 1.08. The van der Waals surface area contributed by atoms with E-state index >= 15 is 0 Å². The summed E-state index contributed by atoms with van der Waals surface area (Å²) in [5, 5.41) is 0. The number of H-pyrrole nitrogens is 1. The second kappa shape index (κ2) is 2.36. The number of nitrogens with two attached hydrogens (primary N) is 1. The lowest BCUT2D eigenvalue weighted by Gasteiger charge is -1.89. The Morgan fingerprint density at radius 2 is 2.45 bits per heavy atom. The Morgan fingerprint density at radius 3 is 3.27 bits per heavy atom. The summed E-state index contributed by atoms with van der Waals surface area (Å²) in [4.78, 5) is 7.30. The van der Waals surface area contributed by atoms with Crippen molar-refractivity contribution in [1.82, 2.24) is 9.97 Å². The zero-order chi connectivity index (χ0) is 7.68. The molecule has 3 nitrogen and oxygen atoms in total. The maximum absolute atomic E-state index is 5.50. The Hall–Kier alpha value is -1.35. The minimum absolute atomic E-state index is 0.539. The number of nitrogens with zero attached hydrogens (tertiary/aromatic N) is 1. The molecule has 3 N–H and O–H groups in total.